The highest BCUT2D eigenvalue weighted by atomic mass is 35.5. The van der Waals surface area contributed by atoms with E-state index in [9.17, 15) is 4.79 Å². The van der Waals surface area contributed by atoms with E-state index in [2.05, 4.69) is 10.6 Å². The van der Waals surface area contributed by atoms with Gasteiger partial charge in [0.2, 0.25) is 11.7 Å². The molecule has 2 N–H and O–H groups in total. The predicted octanol–water partition coefficient (Wildman–Crippen LogP) is 3.80. The van der Waals surface area contributed by atoms with Crippen LogP contribution in [0.25, 0.3) is 0 Å². The monoisotopic (exact) mass is 364 g/mol. The number of hydrogen-bond donors (Lipinski definition) is 2. The number of halogens is 1. The molecule has 0 aromatic heterocycles. The standard InChI is InChI=1S/C18H21ClN2O4/c1-11(18(22)21-13-7-5-12(19)6-8-13)20-14-9-15(23-2)17(25-4)16(10-14)24-3/h5-11,20H,1-4H3,(H,21,22)/t11-/m1/s1. The summed E-state index contributed by atoms with van der Waals surface area (Å²) in [5.41, 5.74) is 1.35. The van der Waals surface area contributed by atoms with E-state index >= 15 is 0 Å². The van der Waals surface area contributed by atoms with Crippen LogP contribution in [0.2, 0.25) is 5.02 Å². The molecule has 0 spiro atoms. The maximum atomic E-state index is 12.3. The van der Waals surface area contributed by atoms with E-state index < -0.39 is 6.04 Å². The van der Waals surface area contributed by atoms with E-state index in [4.69, 9.17) is 25.8 Å². The van der Waals surface area contributed by atoms with Crippen LogP contribution in [0, 0.1) is 0 Å². The van der Waals surface area contributed by atoms with Crippen molar-refractivity contribution in [3.8, 4) is 17.2 Å². The number of anilines is 2. The lowest BCUT2D eigenvalue weighted by Crippen LogP contribution is -2.31. The van der Waals surface area contributed by atoms with Gasteiger partial charge in [-0.25, -0.2) is 0 Å². The van der Waals surface area contributed by atoms with E-state index in [0.29, 0.717) is 33.6 Å². The Hall–Kier alpha value is -2.60. The van der Waals surface area contributed by atoms with Crippen molar-refractivity contribution in [3.05, 3.63) is 41.4 Å². The second kappa shape index (κ2) is 8.48. The number of carbonyl (C=O) groups is 1. The second-order valence-corrected chi connectivity index (χ2v) is 5.71. The topological polar surface area (TPSA) is 68.8 Å². The lowest BCUT2D eigenvalue weighted by Gasteiger charge is -2.18. The van der Waals surface area contributed by atoms with Crippen LogP contribution in [0.4, 0.5) is 11.4 Å². The van der Waals surface area contributed by atoms with Crippen molar-refractivity contribution in [2.75, 3.05) is 32.0 Å². The first kappa shape index (κ1) is 18.7. The molecule has 1 atom stereocenters. The minimum atomic E-state index is -0.488. The van der Waals surface area contributed by atoms with E-state index in [0.717, 1.165) is 0 Å². The van der Waals surface area contributed by atoms with Crippen LogP contribution in [0.1, 0.15) is 6.92 Å². The second-order valence-electron chi connectivity index (χ2n) is 5.28. The van der Waals surface area contributed by atoms with Crippen molar-refractivity contribution >= 4 is 28.9 Å². The molecule has 25 heavy (non-hydrogen) atoms. The zero-order valence-electron chi connectivity index (χ0n) is 14.6. The number of rotatable bonds is 7. The van der Waals surface area contributed by atoms with Crippen LogP contribution in [0.3, 0.4) is 0 Å². The number of nitrogens with one attached hydrogen (secondary N) is 2. The SMILES string of the molecule is COc1cc(N[C@H](C)C(=O)Nc2ccc(Cl)cc2)cc(OC)c1OC. The molecule has 6 nitrogen and oxygen atoms in total. The molecule has 0 fully saturated rings. The average Bonchev–Trinajstić information content (AvgIpc) is 2.62. The Labute approximate surface area is 152 Å². The average molecular weight is 365 g/mol. The number of ether oxygens (including phenoxy) is 3. The lowest BCUT2D eigenvalue weighted by atomic mass is 10.2. The number of benzene rings is 2. The van der Waals surface area contributed by atoms with Gasteiger partial charge in [0.15, 0.2) is 11.5 Å². The number of methoxy groups -OCH3 is 3. The summed E-state index contributed by atoms with van der Waals surface area (Å²) in [7, 11) is 4.62. The van der Waals surface area contributed by atoms with Gasteiger partial charge in [-0.3, -0.25) is 4.79 Å². The summed E-state index contributed by atoms with van der Waals surface area (Å²) < 4.78 is 15.9. The maximum Gasteiger partial charge on any atom is 0.246 e. The first-order chi connectivity index (χ1) is 12.0. The molecule has 0 saturated heterocycles. The zero-order chi connectivity index (χ0) is 18.4. The van der Waals surface area contributed by atoms with Gasteiger partial charge in [0.1, 0.15) is 6.04 Å². The minimum absolute atomic E-state index is 0.184. The normalized spacial score (nSPS) is 11.4. The molecular formula is C18H21ClN2O4. The van der Waals surface area contributed by atoms with Crippen molar-refractivity contribution in [1.29, 1.82) is 0 Å². The largest absolute Gasteiger partial charge is 0.493 e. The first-order valence-corrected chi connectivity index (χ1v) is 7.99. The minimum Gasteiger partial charge on any atom is -0.493 e. The zero-order valence-corrected chi connectivity index (χ0v) is 15.3. The van der Waals surface area contributed by atoms with Crippen molar-refractivity contribution in [2.45, 2.75) is 13.0 Å². The smallest absolute Gasteiger partial charge is 0.246 e. The number of carbonyl (C=O) groups excluding carboxylic acids is 1. The summed E-state index contributed by atoms with van der Waals surface area (Å²) in [5.74, 6) is 1.33. The Bertz CT molecular complexity index is 709. The van der Waals surface area contributed by atoms with Crippen LogP contribution in [0.5, 0.6) is 17.2 Å². The fraction of sp³-hybridized carbons (Fsp3) is 0.278. The van der Waals surface area contributed by atoms with E-state index in [-0.39, 0.29) is 5.91 Å². The summed E-state index contributed by atoms with van der Waals surface area (Å²) in [5, 5.41) is 6.55. The molecule has 0 saturated carbocycles. The van der Waals surface area contributed by atoms with Gasteiger partial charge in [-0.15, -0.1) is 0 Å². The quantitative estimate of drug-likeness (QED) is 0.782. The van der Waals surface area contributed by atoms with Crippen LogP contribution < -0.4 is 24.8 Å². The van der Waals surface area contributed by atoms with Gasteiger partial charge in [-0.1, -0.05) is 11.6 Å². The van der Waals surface area contributed by atoms with Gasteiger partial charge in [0, 0.05) is 28.5 Å². The molecule has 0 bridgehead atoms. The molecule has 2 aromatic carbocycles. The molecule has 0 radical (unpaired) electrons. The van der Waals surface area contributed by atoms with Crippen LogP contribution in [0.15, 0.2) is 36.4 Å². The van der Waals surface area contributed by atoms with Gasteiger partial charge >= 0.3 is 0 Å². The molecule has 7 heteroatoms. The highest BCUT2D eigenvalue weighted by Gasteiger charge is 2.17. The Morgan fingerprint density at radius 3 is 2.00 bits per heavy atom. The molecule has 2 aromatic rings. The Balaban J connectivity index is 2.12. The van der Waals surface area contributed by atoms with Crippen LogP contribution >= 0.6 is 11.6 Å². The maximum absolute atomic E-state index is 12.3. The number of amides is 1. The van der Waals surface area contributed by atoms with Crippen molar-refractivity contribution < 1.29 is 19.0 Å². The van der Waals surface area contributed by atoms with Gasteiger partial charge in [-0.2, -0.15) is 0 Å². The first-order valence-electron chi connectivity index (χ1n) is 7.61. The molecule has 0 unspecified atom stereocenters. The molecular weight excluding hydrogens is 344 g/mol. The Morgan fingerprint density at radius 2 is 1.52 bits per heavy atom. The summed E-state index contributed by atoms with van der Waals surface area (Å²) in [6.45, 7) is 1.76. The fourth-order valence-electron chi connectivity index (χ4n) is 2.26. The van der Waals surface area contributed by atoms with Crippen LogP contribution in [-0.2, 0) is 4.79 Å². The third-order valence-corrected chi connectivity index (χ3v) is 3.80. The van der Waals surface area contributed by atoms with E-state index in [1.807, 2.05) is 0 Å². The highest BCUT2D eigenvalue weighted by molar-refractivity contribution is 6.30. The van der Waals surface area contributed by atoms with Gasteiger partial charge in [0.05, 0.1) is 21.3 Å². The van der Waals surface area contributed by atoms with E-state index in [1.54, 1.807) is 43.3 Å². The highest BCUT2D eigenvalue weighted by Crippen LogP contribution is 2.40. The molecule has 0 heterocycles. The van der Waals surface area contributed by atoms with Crippen molar-refractivity contribution in [1.82, 2.24) is 0 Å². The van der Waals surface area contributed by atoms with Crippen LogP contribution in [-0.4, -0.2) is 33.3 Å². The molecule has 134 valence electrons. The predicted molar refractivity (Wildman–Crippen MR) is 99.3 cm³/mol. The molecule has 0 aliphatic heterocycles. The van der Waals surface area contributed by atoms with Crippen molar-refractivity contribution in [2.24, 2.45) is 0 Å². The summed E-state index contributed by atoms with van der Waals surface area (Å²) >= 11 is 5.84. The fourth-order valence-corrected chi connectivity index (χ4v) is 2.39. The third kappa shape index (κ3) is 4.70. The van der Waals surface area contributed by atoms with Crippen molar-refractivity contribution in [3.63, 3.8) is 0 Å². The molecule has 0 aliphatic carbocycles. The summed E-state index contributed by atoms with van der Waals surface area (Å²) in [6.07, 6.45) is 0. The molecule has 1 amide bonds. The summed E-state index contributed by atoms with van der Waals surface area (Å²) in [6, 6.07) is 9.92. The third-order valence-electron chi connectivity index (χ3n) is 3.55. The van der Waals surface area contributed by atoms with E-state index in [1.165, 1.54) is 21.3 Å². The molecule has 0 aliphatic rings. The van der Waals surface area contributed by atoms with Gasteiger partial charge < -0.3 is 24.8 Å². The summed E-state index contributed by atoms with van der Waals surface area (Å²) in [4.78, 5) is 12.3. The lowest BCUT2D eigenvalue weighted by molar-refractivity contribution is -0.116. The van der Waals surface area contributed by atoms with Gasteiger partial charge in [0.25, 0.3) is 0 Å². The Kier molecular flexibility index (Phi) is 6.36. The molecule has 2 rings (SSSR count). The van der Waals surface area contributed by atoms with Gasteiger partial charge in [-0.05, 0) is 31.2 Å². The Morgan fingerprint density at radius 1 is 0.960 bits per heavy atom. The number of hydrogen-bond acceptors (Lipinski definition) is 5.